The number of phenolic OH excluding ortho intramolecular Hbond substituents is 1. The molecule has 4 rings (SSSR count). The predicted octanol–water partition coefficient (Wildman–Crippen LogP) is 2.93. The molecule has 2 aliphatic rings. The number of ether oxygens (including phenoxy) is 2. The molecule has 166 valence electrons. The van der Waals surface area contributed by atoms with Crippen molar-refractivity contribution in [1.82, 2.24) is 15.8 Å². The molecule has 3 N–H and O–H groups in total. The van der Waals surface area contributed by atoms with Crippen LogP contribution in [0.25, 0.3) is 0 Å². The Hall–Kier alpha value is -2.61. The molecule has 0 aliphatic carbocycles. The van der Waals surface area contributed by atoms with Crippen molar-refractivity contribution in [3.63, 3.8) is 0 Å². The Labute approximate surface area is 183 Å². The maximum Gasteiger partial charge on any atom is 0.242 e. The summed E-state index contributed by atoms with van der Waals surface area (Å²) >= 11 is 0. The molecule has 2 aromatic rings. The average Bonchev–Trinajstić information content (AvgIpc) is 3.31. The maximum absolute atomic E-state index is 13.4. The van der Waals surface area contributed by atoms with Crippen molar-refractivity contribution in [2.75, 3.05) is 26.4 Å². The first kappa shape index (κ1) is 21.6. The number of carbonyl (C=O) groups is 1. The van der Waals surface area contributed by atoms with E-state index < -0.39 is 0 Å². The minimum atomic E-state index is -0.363. The molecule has 31 heavy (non-hydrogen) atoms. The zero-order valence-electron chi connectivity index (χ0n) is 18.1. The van der Waals surface area contributed by atoms with Crippen LogP contribution in [-0.4, -0.2) is 48.3 Å². The molecule has 4 unspecified atom stereocenters. The molecule has 0 bridgehead atoms. The monoisotopic (exact) mass is 425 g/mol. The highest BCUT2D eigenvalue weighted by Gasteiger charge is 2.55. The molecule has 2 aliphatic heterocycles. The van der Waals surface area contributed by atoms with Crippen molar-refractivity contribution < 1.29 is 19.4 Å². The maximum atomic E-state index is 13.4. The van der Waals surface area contributed by atoms with Gasteiger partial charge < -0.3 is 19.5 Å². The smallest absolute Gasteiger partial charge is 0.242 e. The van der Waals surface area contributed by atoms with E-state index in [9.17, 15) is 9.90 Å². The number of aromatic hydroxyl groups is 1. The van der Waals surface area contributed by atoms with Gasteiger partial charge in [-0.3, -0.25) is 4.79 Å². The lowest BCUT2D eigenvalue weighted by Crippen LogP contribution is -2.41. The van der Waals surface area contributed by atoms with Crippen molar-refractivity contribution in [3.8, 4) is 11.5 Å². The normalized spacial score (nSPS) is 25.1. The van der Waals surface area contributed by atoms with Crippen LogP contribution < -0.4 is 15.6 Å². The molecule has 7 nitrogen and oxygen atoms in total. The summed E-state index contributed by atoms with van der Waals surface area (Å²) in [6.07, 6.45) is 0.773. The first-order valence-corrected chi connectivity index (χ1v) is 11.1. The molecule has 1 amide bonds. The van der Waals surface area contributed by atoms with E-state index >= 15 is 0 Å². The van der Waals surface area contributed by atoms with Gasteiger partial charge in [0, 0.05) is 31.2 Å². The number of hydrazine groups is 1. The van der Waals surface area contributed by atoms with E-state index in [-0.39, 0.29) is 35.7 Å². The molecule has 0 radical (unpaired) electrons. The number of nitrogens with zero attached hydrogens (tertiary/aromatic N) is 1. The molecule has 0 aromatic heterocycles. The Bertz CT molecular complexity index is 906. The van der Waals surface area contributed by atoms with Gasteiger partial charge in [0.25, 0.3) is 0 Å². The quantitative estimate of drug-likeness (QED) is 0.536. The molecule has 7 heteroatoms. The Morgan fingerprint density at radius 1 is 1.03 bits per heavy atom. The van der Waals surface area contributed by atoms with Crippen LogP contribution >= 0.6 is 0 Å². The van der Waals surface area contributed by atoms with E-state index in [0.29, 0.717) is 26.4 Å². The highest BCUT2D eigenvalue weighted by atomic mass is 16.5. The van der Waals surface area contributed by atoms with Crippen molar-refractivity contribution in [3.05, 3.63) is 59.7 Å². The number of rotatable bonds is 9. The molecule has 0 spiro atoms. The molecule has 2 fully saturated rings. The lowest BCUT2D eigenvalue weighted by atomic mass is 9.83. The molecule has 2 aromatic carbocycles. The summed E-state index contributed by atoms with van der Waals surface area (Å²) in [7, 11) is 0. The minimum Gasteiger partial charge on any atom is -0.508 e. The second-order valence-corrected chi connectivity index (χ2v) is 7.91. The van der Waals surface area contributed by atoms with Crippen LogP contribution in [0, 0.1) is 5.92 Å². The number of hydrogen-bond acceptors (Lipinski definition) is 6. The Morgan fingerprint density at radius 3 is 2.61 bits per heavy atom. The summed E-state index contributed by atoms with van der Waals surface area (Å²) in [5.41, 5.74) is 8.30. The van der Waals surface area contributed by atoms with Gasteiger partial charge in [-0.25, -0.2) is 10.9 Å². The molecule has 2 heterocycles. The highest BCUT2D eigenvalue weighted by Crippen LogP contribution is 2.48. The number of nitrogens with one attached hydrogen (secondary N) is 2. The van der Waals surface area contributed by atoms with Crippen LogP contribution in [0.4, 0.5) is 0 Å². The molecular weight excluding hydrogens is 394 g/mol. The fraction of sp³-hybridized carbons (Fsp3) is 0.458. The van der Waals surface area contributed by atoms with Gasteiger partial charge in [0.05, 0.1) is 18.7 Å². The van der Waals surface area contributed by atoms with E-state index in [1.165, 1.54) is 0 Å². The summed E-state index contributed by atoms with van der Waals surface area (Å²) in [6, 6.07) is 14.6. The van der Waals surface area contributed by atoms with Crippen LogP contribution in [0.3, 0.4) is 0 Å². The van der Waals surface area contributed by atoms with Gasteiger partial charge in [-0.15, -0.1) is 0 Å². The summed E-state index contributed by atoms with van der Waals surface area (Å²) < 4.78 is 11.2. The first-order valence-electron chi connectivity index (χ1n) is 11.1. The molecule has 4 atom stereocenters. The number of phenols is 1. The van der Waals surface area contributed by atoms with Gasteiger partial charge in [-0.05, 0) is 44.0 Å². The van der Waals surface area contributed by atoms with Gasteiger partial charge in [0.15, 0.2) is 0 Å². The second-order valence-electron chi connectivity index (χ2n) is 7.91. The topological polar surface area (TPSA) is 83.1 Å². The van der Waals surface area contributed by atoms with Crippen molar-refractivity contribution in [2.24, 2.45) is 5.92 Å². The Morgan fingerprint density at radius 2 is 1.84 bits per heavy atom. The summed E-state index contributed by atoms with van der Waals surface area (Å²) in [6.45, 7) is 6.42. The van der Waals surface area contributed by atoms with Gasteiger partial charge in [0.2, 0.25) is 5.91 Å². The SMILES string of the molecule is CCOCCCN1C(=O)C2NNC(c3ccccc3O)C2C1c1cccc(OCC)c1. The Kier molecular flexibility index (Phi) is 6.75. The van der Waals surface area contributed by atoms with Crippen LogP contribution in [0.15, 0.2) is 48.5 Å². The van der Waals surface area contributed by atoms with Gasteiger partial charge in [-0.2, -0.15) is 0 Å². The third kappa shape index (κ3) is 4.26. The summed E-state index contributed by atoms with van der Waals surface area (Å²) in [4.78, 5) is 15.4. The third-order valence-corrected chi connectivity index (χ3v) is 6.09. The number of para-hydroxylation sites is 1. The number of amides is 1. The van der Waals surface area contributed by atoms with Crippen LogP contribution in [0.2, 0.25) is 0 Å². The summed E-state index contributed by atoms with van der Waals surface area (Å²) in [5, 5.41) is 10.5. The lowest BCUT2D eigenvalue weighted by molar-refractivity contribution is -0.131. The van der Waals surface area contributed by atoms with E-state index in [2.05, 4.69) is 16.9 Å². The highest BCUT2D eigenvalue weighted by molar-refractivity contribution is 5.86. The van der Waals surface area contributed by atoms with Crippen LogP contribution in [0.5, 0.6) is 11.5 Å². The largest absolute Gasteiger partial charge is 0.508 e. The van der Waals surface area contributed by atoms with E-state index in [0.717, 1.165) is 23.3 Å². The second kappa shape index (κ2) is 9.68. The lowest BCUT2D eigenvalue weighted by Gasteiger charge is -2.31. The zero-order chi connectivity index (χ0) is 21.8. The van der Waals surface area contributed by atoms with Crippen molar-refractivity contribution in [1.29, 1.82) is 0 Å². The number of likely N-dealkylation sites (tertiary alicyclic amines) is 1. The third-order valence-electron chi connectivity index (χ3n) is 6.09. The standard InChI is InChI=1S/C24H31N3O4/c1-3-30-14-8-13-27-23(16-9-7-10-17(15-16)31-4-2)20-21(25-26-22(20)24(27)29)18-11-5-6-12-19(18)28/h5-7,9-12,15,20-23,25-26,28H,3-4,8,13-14H2,1-2H3. The number of fused-ring (bicyclic) bond motifs is 1. The van der Waals surface area contributed by atoms with Crippen LogP contribution in [-0.2, 0) is 9.53 Å². The molecule has 2 saturated heterocycles. The fourth-order valence-corrected chi connectivity index (χ4v) is 4.80. The van der Waals surface area contributed by atoms with Crippen molar-refractivity contribution >= 4 is 5.91 Å². The van der Waals surface area contributed by atoms with E-state index in [4.69, 9.17) is 9.47 Å². The van der Waals surface area contributed by atoms with E-state index in [1.54, 1.807) is 6.07 Å². The van der Waals surface area contributed by atoms with Crippen LogP contribution in [0.1, 0.15) is 43.5 Å². The van der Waals surface area contributed by atoms with Gasteiger partial charge in [-0.1, -0.05) is 30.3 Å². The molecular formula is C24H31N3O4. The Balaban J connectivity index is 1.70. The van der Waals surface area contributed by atoms with Gasteiger partial charge >= 0.3 is 0 Å². The fourth-order valence-electron chi connectivity index (χ4n) is 4.80. The van der Waals surface area contributed by atoms with Crippen molar-refractivity contribution in [2.45, 2.75) is 38.4 Å². The minimum absolute atomic E-state index is 0.0683. The van der Waals surface area contributed by atoms with E-state index in [1.807, 2.05) is 55.1 Å². The average molecular weight is 426 g/mol. The first-order chi connectivity index (χ1) is 15.2. The summed E-state index contributed by atoms with van der Waals surface area (Å²) in [5.74, 6) is 1.01. The number of hydrogen-bond donors (Lipinski definition) is 3. The predicted molar refractivity (Wildman–Crippen MR) is 118 cm³/mol. The molecule has 0 saturated carbocycles. The zero-order valence-corrected chi connectivity index (χ0v) is 18.1. The number of carbonyl (C=O) groups excluding carboxylic acids is 1. The number of benzene rings is 2. The van der Waals surface area contributed by atoms with Gasteiger partial charge in [0.1, 0.15) is 17.5 Å².